The molecule has 2 N–H and O–H groups in total. The van der Waals surface area contributed by atoms with Gasteiger partial charge in [-0.25, -0.2) is 0 Å². The normalized spacial score (nSPS) is 10.5. The van der Waals surface area contributed by atoms with Crippen molar-refractivity contribution in [2.24, 2.45) is 0 Å². The number of benzene rings is 1. The lowest BCUT2D eigenvalue weighted by Gasteiger charge is -2.05. The summed E-state index contributed by atoms with van der Waals surface area (Å²) in [6, 6.07) is 7.58. The standard InChI is InChI=1S/C11H14N4OS/c1-3-16-9-6-4-8(5-7-9)15-10(12)13-11(14-15)17-2/h4-7H,3H2,1-2H3,(H2,12,13,14). The summed E-state index contributed by atoms with van der Waals surface area (Å²) >= 11 is 1.46. The van der Waals surface area contributed by atoms with Gasteiger partial charge >= 0.3 is 0 Å². The predicted octanol–water partition coefficient (Wildman–Crippen LogP) is 1.97. The molecule has 5 nitrogen and oxygen atoms in total. The topological polar surface area (TPSA) is 66.0 Å². The Kier molecular flexibility index (Phi) is 3.53. The largest absolute Gasteiger partial charge is 0.494 e. The van der Waals surface area contributed by atoms with Gasteiger partial charge in [-0.05, 0) is 37.4 Å². The number of rotatable bonds is 4. The summed E-state index contributed by atoms with van der Waals surface area (Å²) in [4.78, 5) is 4.13. The molecule has 90 valence electrons. The molecule has 0 aliphatic rings. The van der Waals surface area contributed by atoms with E-state index in [9.17, 15) is 0 Å². The summed E-state index contributed by atoms with van der Waals surface area (Å²) in [5, 5.41) is 4.94. The van der Waals surface area contributed by atoms with Gasteiger partial charge in [0.25, 0.3) is 0 Å². The Labute approximate surface area is 104 Å². The fraction of sp³-hybridized carbons (Fsp3) is 0.273. The molecule has 1 aromatic heterocycles. The van der Waals surface area contributed by atoms with Crippen molar-refractivity contribution >= 4 is 17.7 Å². The Bertz CT molecular complexity index is 495. The Balaban J connectivity index is 2.29. The third-order valence-electron chi connectivity index (χ3n) is 2.19. The van der Waals surface area contributed by atoms with Gasteiger partial charge in [0.05, 0.1) is 12.3 Å². The number of aromatic nitrogens is 3. The highest BCUT2D eigenvalue weighted by molar-refractivity contribution is 7.98. The molecular weight excluding hydrogens is 236 g/mol. The number of thioether (sulfide) groups is 1. The predicted molar refractivity (Wildman–Crippen MR) is 68.7 cm³/mol. The van der Waals surface area contributed by atoms with Gasteiger partial charge in [0.1, 0.15) is 5.75 Å². The number of nitrogen functional groups attached to an aromatic ring is 1. The molecule has 0 radical (unpaired) electrons. The van der Waals surface area contributed by atoms with Crippen LogP contribution in [0.2, 0.25) is 0 Å². The molecule has 0 aliphatic carbocycles. The second-order valence-corrected chi connectivity index (χ2v) is 4.07. The molecule has 6 heteroatoms. The van der Waals surface area contributed by atoms with Crippen LogP contribution in [0.15, 0.2) is 29.4 Å². The number of ether oxygens (including phenoxy) is 1. The first kappa shape index (κ1) is 11.8. The summed E-state index contributed by atoms with van der Waals surface area (Å²) in [5.74, 6) is 1.22. The fourth-order valence-electron chi connectivity index (χ4n) is 1.43. The molecule has 0 saturated carbocycles. The fourth-order valence-corrected chi connectivity index (χ4v) is 1.78. The van der Waals surface area contributed by atoms with E-state index in [-0.39, 0.29) is 0 Å². The van der Waals surface area contributed by atoms with E-state index in [1.54, 1.807) is 4.68 Å². The van der Waals surface area contributed by atoms with Crippen molar-refractivity contribution in [1.29, 1.82) is 0 Å². The van der Waals surface area contributed by atoms with E-state index in [4.69, 9.17) is 10.5 Å². The minimum atomic E-state index is 0.388. The van der Waals surface area contributed by atoms with Crippen LogP contribution in [0.3, 0.4) is 0 Å². The molecule has 0 spiro atoms. The first-order valence-electron chi connectivity index (χ1n) is 5.24. The van der Waals surface area contributed by atoms with Gasteiger partial charge in [0.15, 0.2) is 0 Å². The van der Waals surface area contributed by atoms with E-state index in [2.05, 4.69) is 10.1 Å². The number of nitrogens with two attached hydrogens (primary N) is 1. The summed E-state index contributed by atoms with van der Waals surface area (Å²) < 4.78 is 6.99. The van der Waals surface area contributed by atoms with E-state index < -0.39 is 0 Å². The SMILES string of the molecule is CCOc1ccc(-n2nc(SC)nc2N)cc1. The number of hydrogen-bond acceptors (Lipinski definition) is 5. The molecule has 0 saturated heterocycles. The monoisotopic (exact) mass is 250 g/mol. The molecule has 17 heavy (non-hydrogen) atoms. The van der Waals surface area contributed by atoms with E-state index in [1.807, 2.05) is 37.4 Å². The van der Waals surface area contributed by atoms with E-state index in [1.165, 1.54) is 11.8 Å². The molecule has 0 atom stereocenters. The first-order valence-corrected chi connectivity index (χ1v) is 6.47. The quantitative estimate of drug-likeness (QED) is 0.840. The highest BCUT2D eigenvalue weighted by atomic mass is 32.2. The minimum Gasteiger partial charge on any atom is -0.494 e. The smallest absolute Gasteiger partial charge is 0.224 e. The molecular formula is C11H14N4OS. The number of nitrogens with zero attached hydrogens (tertiary/aromatic N) is 3. The Morgan fingerprint density at radius 3 is 2.59 bits per heavy atom. The summed E-state index contributed by atoms with van der Waals surface area (Å²) in [5.41, 5.74) is 6.66. The van der Waals surface area contributed by atoms with Gasteiger partial charge in [0.2, 0.25) is 11.1 Å². The molecule has 0 aliphatic heterocycles. The van der Waals surface area contributed by atoms with Crippen LogP contribution in [0.25, 0.3) is 5.69 Å². The lowest BCUT2D eigenvalue weighted by atomic mass is 10.3. The van der Waals surface area contributed by atoms with Gasteiger partial charge in [-0.2, -0.15) is 9.67 Å². The third-order valence-corrected chi connectivity index (χ3v) is 2.73. The molecule has 0 amide bonds. The van der Waals surface area contributed by atoms with Crippen molar-refractivity contribution in [3.63, 3.8) is 0 Å². The van der Waals surface area contributed by atoms with Gasteiger partial charge in [-0.3, -0.25) is 0 Å². The van der Waals surface area contributed by atoms with Gasteiger partial charge in [0, 0.05) is 0 Å². The third kappa shape index (κ3) is 2.52. The van der Waals surface area contributed by atoms with Crippen LogP contribution in [-0.2, 0) is 0 Å². The second kappa shape index (κ2) is 5.09. The maximum atomic E-state index is 5.79. The van der Waals surface area contributed by atoms with E-state index in [0.29, 0.717) is 17.7 Å². The van der Waals surface area contributed by atoms with Crippen LogP contribution >= 0.6 is 11.8 Å². The van der Waals surface area contributed by atoms with Crippen LogP contribution in [0.5, 0.6) is 5.75 Å². The average molecular weight is 250 g/mol. The molecule has 1 aromatic carbocycles. The van der Waals surface area contributed by atoms with E-state index >= 15 is 0 Å². The van der Waals surface area contributed by atoms with E-state index in [0.717, 1.165) is 11.4 Å². The number of hydrogen-bond donors (Lipinski definition) is 1. The zero-order valence-electron chi connectivity index (χ0n) is 9.75. The van der Waals surface area contributed by atoms with Crippen molar-refractivity contribution in [3.8, 4) is 11.4 Å². The lowest BCUT2D eigenvalue weighted by Crippen LogP contribution is -2.02. The highest BCUT2D eigenvalue weighted by Gasteiger charge is 2.07. The maximum absolute atomic E-state index is 5.79. The van der Waals surface area contributed by atoms with Crippen molar-refractivity contribution in [2.75, 3.05) is 18.6 Å². The Morgan fingerprint density at radius 1 is 1.35 bits per heavy atom. The highest BCUT2D eigenvalue weighted by Crippen LogP contribution is 2.19. The van der Waals surface area contributed by atoms with Gasteiger partial charge in [-0.15, -0.1) is 5.10 Å². The number of anilines is 1. The molecule has 1 heterocycles. The van der Waals surface area contributed by atoms with Crippen LogP contribution in [0.1, 0.15) is 6.92 Å². The summed E-state index contributed by atoms with van der Waals surface area (Å²) in [6.07, 6.45) is 1.91. The molecule has 0 fully saturated rings. The maximum Gasteiger partial charge on any atom is 0.224 e. The Hall–Kier alpha value is -1.69. The van der Waals surface area contributed by atoms with Crippen LogP contribution < -0.4 is 10.5 Å². The molecule has 2 aromatic rings. The lowest BCUT2D eigenvalue weighted by molar-refractivity contribution is 0.340. The van der Waals surface area contributed by atoms with Crippen LogP contribution in [0, 0.1) is 0 Å². The molecule has 0 unspecified atom stereocenters. The van der Waals surface area contributed by atoms with Crippen molar-refractivity contribution in [3.05, 3.63) is 24.3 Å². The minimum absolute atomic E-state index is 0.388. The zero-order chi connectivity index (χ0) is 12.3. The van der Waals surface area contributed by atoms with Gasteiger partial charge < -0.3 is 10.5 Å². The summed E-state index contributed by atoms with van der Waals surface area (Å²) in [7, 11) is 0. The van der Waals surface area contributed by atoms with Crippen LogP contribution in [0.4, 0.5) is 5.95 Å². The van der Waals surface area contributed by atoms with Crippen molar-refractivity contribution in [2.45, 2.75) is 12.1 Å². The molecule has 0 bridgehead atoms. The van der Waals surface area contributed by atoms with Gasteiger partial charge in [-0.1, -0.05) is 11.8 Å². The van der Waals surface area contributed by atoms with Crippen LogP contribution in [-0.4, -0.2) is 27.6 Å². The Morgan fingerprint density at radius 2 is 2.06 bits per heavy atom. The van der Waals surface area contributed by atoms with Crippen molar-refractivity contribution in [1.82, 2.24) is 14.8 Å². The summed E-state index contributed by atoms with van der Waals surface area (Å²) in [6.45, 7) is 2.61. The second-order valence-electron chi connectivity index (χ2n) is 3.30. The average Bonchev–Trinajstić information content (AvgIpc) is 2.72. The first-order chi connectivity index (χ1) is 8.24. The van der Waals surface area contributed by atoms with Crippen molar-refractivity contribution < 1.29 is 4.74 Å². The zero-order valence-corrected chi connectivity index (χ0v) is 10.6. The molecule has 2 rings (SSSR count).